The maximum Gasteiger partial charge on any atom is 0.313 e. The van der Waals surface area contributed by atoms with Crippen molar-refractivity contribution < 1.29 is 9.90 Å². The van der Waals surface area contributed by atoms with Crippen LogP contribution in [0.15, 0.2) is 11.4 Å². The van der Waals surface area contributed by atoms with Gasteiger partial charge >= 0.3 is 5.97 Å². The van der Waals surface area contributed by atoms with E-state index >= 15 is 0 Å². The Hall–Kier alpha value is -0.970. The molecule has 0 aliphatic heterocycles. The van der Waals surface area contributed by atoms with Gasteiger partial charge in [0.1, 0.15) is 0 Å². The SMILES string of the molecule is CCc1cnc(SCC(=O)O)n1CC1(C)CCCC1. The normalized spacial score (nSPS) is 17.8. The quantitative estimate of drug-likeness (QED) is 0.814. The number of thioether (sulfide) groups is 1. The molecule has 2 rings (SSSR count). The molecule has 1 aromatic rings. The second-order valence-corrected chi connectivity index (χ2v) is 6.61. The minimum absolute atomic E-state index is 0.0802. The molecule has 1 heterocycles. The van der Waals surface area contributed by atoms with Crippen molar-refractivity contribution in [3.8, 4) is 0 Å². The summed E-state index contributed by atoms with van der Waals surface area (Å²) in [4.78, 5) is 15.1. The molecule has 1 fully saturated rings. The number of imidazole rings is 1. The third-order valence-corrected chi connectivity index (χ3v) is 4.91. The predicted molar refractivity (Wildman–Crippen MR) is 76.5 cm³/mol. The summed E-state index contributed by atoms with van der Waals surface area (Å²) in [5, 5.41) is 9.66. The van der Waals surface area contributed by atoms with E-state index in [-0.39, 0.29) is 5.75 Å². The molecule has 1 aromatic heterocycles. The first-order chi connectivity index (χ1) is 9.04. The third-order valence-electron chi connectivity index (χ3n) is 3.94. The Balaban J connectivity index is 2.16. The Morgan fingerprint density at radius 3 is 2.79 bits per heavy atom. The molecule has 1 saturated carbocycles. The highest BCUT2D eigenvalue weighted by molar-refractivity contribution is 7.99. The summed E-state index contributed by atoms with van der Waals surface area (Å²) in [6, 6.07) is 0. The van der Waals surface area contributed by atoms with Crippen molar-refractivity contribution in [2.45, 2.75) is 57.7 Å². The van der Waals surface area contributed by atoms with Gasteiger partial charge in [-0.3, -0.25) is 4.79 Å². The summed E-state index contributed by atoms with van der Waals surface area (Å²) in [5.74, 6) is -0.707. The molecule has 0 aromatic carbocycles. The van der Waals surface area contributed by atoms with Crippen molar-refractivity contribution in [1.29, 1.82) is 0 Å². The van der Waals surface area contributed by atoms with E-state index in [0.717, 1.165) is 18.1 Å². The highest BCUT2D eigenvalue weighted by atomic mass is 32.2. The molecule has 0 atom stereocenters. The molecule has 0 unspecified atom stereocenters. The zero-order valence-corrected chi connectivity index (χ0v) is 12.5. The molecule has 5 heteroatoms. The fourth-order valence-corrected chi connectivity index (χ4v) is 3.57. The van der Waals surface area contributed by atoms with Gasteiger partial charge in [0.05, 0.1) is 5.75 Å². The Morgan fingerprint density at radius 2 is 2.21 bits per heavy atom. The number of carbonyl (C=O) groups is 1. The number of hydrogen-bond acceptors (Lipinski definition) is 3. The monoisotopic (exact) mass is 282 g/mol. The van der Waals surface area contributed by atoms with Crippen molar-refractivity contribution in [2.24, 2.45) is 5.41 Å². The molecule has 1 aliphatic carbocycles. The lowest BCUT2D eigenvalue weighted by molar-refractivity contribution is -0.133. The van der Waals surface area contributed by atoms with Gasteiger partial charge in [0.2, 0.25) is 0 Å². The van der Waals surface area contributed by atoms with Crippen LogP contribution < -0.4 is 0 Å². The number of rotatable bonds is 6. The average molecular weight is 282 g/mol. The Bertz CT molecular complexity index is 450. The summed E-state index contributed by atoms with van der Waals surface area (Å²) in [6.45, 7) is 5.43. The average Bonchev–Trinajstić information content (AvgIpc) is 2.94. The summed E-state index contributed by atoms with van der Waals surface area (Å²) < 4.78 is 2.24. The largest absolute Gasteiger partial charge is 0.481 e. The van der Waals surface area contributed by atoms with Crippen LogP contribution in [-0.2, 0) is 17.8 Å². The van der Waals surface area contributed by atoms with Crippen LogP contribution in [0.1, 0.15) is 45.2 Å². The molecule has 0 spiro atoms. The van der Waals surface area contributed by atoms with Gasteiger partial charge in [0.15, 0.2) is 5.16 Å². The summed E-state index contributed by atoms with van der Waals surface area (Å²) >= 11 is 1.33. The minimum atomic E-state index is -0.787. The molecule has 0 saturated heterocycles. The first kappa shape index (κ1) is 14.4. The Kier molecular flexibility index (Phi) is 4.55. The maximum absolute atomic E-state index is 10.7. The molecule has 106 valence electrons. The van der Waals surface area contributed by atoms with Crippen molar-refractivity contribution in [1.82, 2.24) is 9.55 Å². The minimum Gasteiger partial charge on any atom is -0.481 e. The molecular formula is C14H22N2O2S. The van der Waals surface area contributed by atoms with E-state index in [0.29, 0.717) is 5.41 Å². The second kappa shape index (κ2) is 5.99. The lowest BCUT2D eigenvalue weighted by atomic mass is 9.89. The second-order valence-electron chi connectivity index (χ2n) is 5.67. The highest BCUT2D eigenvalue weighted by Crippen LogP contribution is 2.40. The maximum atomic E-state index is 10.7. The van der Waals surface area contributed by atoms with Crippen LogP contribution >= 0.6 is 11.8 Å². The van der Waals surface area contributed by atoms with Crippen LogP contribution in [-0.4, -0.2) is 26.4 Å². The van der Waals surface area contributed by atoms with Crippen LogP contribution in [0.2, 0.25) is 0 Å². The molecule has 4 nitrogen and oxygen atoms in total. The third kappa shape index (κ3) is 3.53. The zero-order chi connectivity index (χ0) is 13.9. The topological polar surface area (TPSA) is 55.1 Å². The lowest BCUT2D eigenvalue weighted by Gasteiger charge is -2.26. The molecule has 0 radical (unpaired) electrons. The Morgan fingerprint density at radius 1 is 1.53 bits per heavy atom. The van der Waals surface area contributed by atoms with Crippen LogP contribution in [0.3, 0.4) is 0 Å². The highest BCUT2D eigenvalue weighted by Gasteiger charge is 2.30. The number of aliphatic carboxylic acids is 1. The predicted octanol–water partition coefficient (Wildman–Crippen LogP) is 3.20. The van der Waals surface area contributed by atoms with E-state index in [1.165, 1.54) is 43.1 Å². The number of hydrogen-bond donors (Lipinski definition) is 1. The van der Waals surface area contributed by atoms with Gasteiger partial charge in [-0.25, -0.2) is 4.98 Å². The van der Waals surface area contributed by atoms with E-state index in [1.807, 2.05) is 6.20 Å². The fraction of sp³-hybridized carbons (Fsp3) is 0.714. The molecule has 1 N–H and O–H groups in total. The van der Waals surface area contributed by atoms with Crippen molar-refractivity contribution >= 4 is 17.7 Å². The number of carboxylic acid groups (broad SMARTS) is 1. The molecule has 1 aliphatic rings. The molecule has 0 bridgehead atoms. The number of carboxylic acids is 1. The summed E-state index contributed by atoms with van der Waals surface area (Å²) in [5.41, 5.74) is 1.56. The zero-order valence-electron chi connectivity index (χ0n) is 11.7. The molecule has 0 amide bonds. The van der Waals surface area contributed by atoms with E-state index in [1.54, 1.807) is 0 Å². The van der Waals surface area contributed by atoms with Gasteiger partial charge < -0.3 is 9.67 Å². The van der Waals surface area contributed by atoms with E-state index < -0.39 is 5.97 Å². The van der Waals surface area contributed by atoms with Gasteiger partial charge in [-0.05, 0) is 24.7 Å². The number of aromatic nitrogens is 2. The first-order valence-corrected chi connectivity index (χ1v) is 7.91. The number of aryl methyl sites for hydroxylation is 1. The fourth-order valence-electron chi connectivity index (χ4n) is 2.85. The summed E-state index contributed by atoms with van der Waals surface area (Å²) in [7, 11) is 0. The lowest BCUT2D eigenvalue weighted by Crippen LogP contribution is -2.21. The first-order valence-electron chi connectivity index (χ1n) is 6.93. The van der Waals surface area contributed by atoms with Crippen LogP contribution in [0.25, 0.3) is 0 Å². The van der Waals surface area contributed by atoms with Gasteiger partial charge in [0, 0.05) is 18.4 Å². The van der Waals surface area contributed by atoms with Crippen molar-refractivity contribution in [2.75, 3.05) is 5.75 Å². The van der Waals surface area contributed by atoms with Crippen LogP contribution in [0, 0.1) is 5.41 Å². The Labute approximate surface area is 118 Å². The smallest absolute Gasteiger partial charge is 0.313 e. The van der Waals surface area contributed by atoms with Crippen LogP contribution in [0.4, 0.5) is 0 Å². The van der Waals surface area contributed by atoms with Crippen molar-refractivity contribution in [3.05, 3.63) is 11.9 Å². The van der Waals surface area contributed by atoms with Gasteiger partial charge in [-0.15, -0.1) is 0 Å². The van der Waals surface area contributed by atoms with Gasteiger partial charge in [0.25, 0.3) is 0 Å². The summed E-state index contributed by atoms with van der Waals surface area (Å²) in [6.07, 6.45) is 7.97. The van der Waals surface area contributed by atoms with E-state index in [4.69, 9.17) is 5.11 Å². The van der Waals surface area contributed by atoms with Crippen LogP contribution in [0.5, 0.6) is 0 Å². The molecular weight excluding hydrogens is 260 g/mol. The van der Waals surface area contributed by atoms with Crippen molar-refractivity contribution in [3.63, 3.8) is 0 Å². The standard InChI is InChI=1S/C14H22N2O2S/c1-3-11-8-15-13(19-9-12(17)18)16(11)10-14(2)6-4-5-7-14/h8H,3-7,9-10H2,1-2H3,(H,17,18). The van der Waals surface area contributed by atoms with Gasteiger partial charge in [-0.2, -0.15) is 0 Å². The van der Waals surface area contributed by atoms with E-state index in [9.17, 15) is 4.79 Å². The number of nitrogens with zero attached hydrogens (tertiary/aromatic N) is 2. The van der Waals surface area contributed by atoms with E-state index in [2.05, 4.69) is 23.4 Å². The van der Waals surface area contributed by atoms with Gasteiger partial charge in [-0.1, -0.05) is 38.5 Å². The molecule has 19 heavy (non-hydrogen) atoms.